The highest BCUT2D eigenvalue weighted by molar-refractivity contribution is 6.08. The third kappa shape index (κ3) is 9.19. The molecule has 0 saturated heterocycles. The zero-order valence-corrected chi connectivity index (χ0v) is 17.2. The van der Waals surface area contributed by atoms with E-state index in [-0.39, 0.29) is 0 Å². The van der Waals surface area contributed by atoms with E-state index < -0.39 is 0 Å². The standard InChI is InChI=1S/C25H42O/c26-25(23-19-15-11-7-3-1-4-8-12-16-20-23)24-21-17-13-9-5-2-6-10-14-18-22-24/h19,21H,1-18,20,22H2. The number of allylic oxidation sites excluding steroid dienone is 4. The van der Waals surface area contributed by atoms with Gasteiger partial charge in [-0.2, -0.15) is 0 Å². The third-order valence-corrected chi connectivity index (χ3v) is 6.17. The first-order chi connectivity index (χ1) is 12.9. The van der Waals surface area contributed by atoms with Crippen molar-refractivity contribution < 1.29 is 4.79 Å². The lowest BCUT2D eigenvalue weighted by Crippen LogP contribution is -2.08. The highest BCUT2D eigenvalue weighted by Gasteiger charge is 2.15. The van der Waals surface area contributed by atoms with Crippen LogP contribution in [-0.4, -0.2) is 5.78 Å². The van der Waals surface area contributed by atoms with E-state index in [2.05, 4.69) is 12.2 Å². The maximum atomic E-state index is 13.3. The van der Waals surface area contributed by atoms with E-state index in [4.69, 9.17) is 0 Å². The molecular formula is C25H42O. The quantitative estimate of drug-likeness (QED) is 0.485. The summed E-state index contributed by atoms with van der Waals surface area (Å²) in [5, 5.41) is 0. The number of carbonyl (C=O) groups excluding carboxylic acids is 1. The molecule has 0 amide bonds. The third-order valence-electron chi connectivity index (χ3n) is 6.17. The Kier molecular flexibility index (Phi) is 11.7. The first-order valence-corrected chi connectivity index (χ1v) is 11.8. The van der Waals surface area contributed by atoms with Gasteiger partial charge in [0.2, 0.25) is 0 Å². The first kappa shape index (κ1) is 21.5. The molecule has 0 fully saturated rings. The van der Waals surface area contributed by atoms with Crippen molar-refractivity contribution in [3.8, 4) is 0 Å². The van der Waals surface area contributed by atoms with Crippen LogP contribution in [0.25, 0.3) is 0 Å². The molecule has 1 heteroatoms. The predicted octanol–water partition coefficient (Wildman–Crippen LogP) is 8.24. The molecule has 0 heterocycles. The van der Waals surface area contributed by atoms with E-state index in [0.717, 1.165) is 36.8 Å². The fourth-order valence-electron chi connectivity index (χ4n) is 4.42. The lowest BCUT2D eigenvalue weighted by Gasteiger charge is -2.13. The predicted molar refractivity (Wildman–Crippen MR) is 114 cm³/mol. The molecule has 0 aromatic carbocycles. The van der Waals surface area contributed by atoms with Gasteiger partial charge in [0.15, 0.2) is 5.78 Å². The van der Waals surface area contributed by atoms with Crippen LogP contribution in [0.5, 0.6) is 0 Å². The Hall–Kier alpha value is -0.850. The molecule has 26 heavy (non-hydrogen) atoms. The Morgan fingerprint density at radius 2 is 0.769 bits per heavy atom. The second-order valence-corrected chi connectivity index (χ2v) is 8.52. The van der Waals surface area contributed by atoms with Crippen molar-refractivity contribution >= 4 is 5.78 Å². The highest BCUT2D eigenvalue weighted by atomic mass is 16.1. The first-order valence-electron chi connectivity index (χ1n) is 11.8. The van der Waals surface area contributed by atoms with Gasteiger partial charge in [0.05, 0.1) is 0 Å². The molecule has 1 nitrogen and oxygen atoms in total. The maximum absolute atomic E-state index is 13.3. The summed E-state index contributed by atoms with van der Waals surface area (Å²) >= 11 is 0. The Morgan fingerprint density at radius 3 is 1.15 bits per heavy atom. The number of Topliss-reactive ketones (excluding diaryl/α,β-unsaturated/α-hetero) is 1. The van der Waals surface area contributed by atoms with Crippen LogP contribution in [0.4, 0.5) is 0 Å². The van der Waals surface area contributed by atoms with Crippen molar-refractivity contribution in [1.82, 2.24) is 0 Å². The molecule has 0 atom stereocenters. The average Bonchev–Trinajstić information content (AvgIpc) is 2.62. The highest BCUT2D eigenvalue weighted by Crippen LogP contribution is 2.23. The van der Waals surface area contributed by atoms with Gasteiger partial charge in [-0.3, -0.25) is 4.79 Å². The van der Waals surface area contributed by atoms with Crippen LogP contribution >= 0.6 is 0 Å². The van der Waals surface area contributed by atoms with Gasteiger partial charge in [-0.05, 0) is 62.5 Å². The molecular weight excluding hydrogens is 316 g/mol. The van der Waals surface area contributed by atoms with Crippen molar-refractivity contribution in [2.45, 2.75) is 128 Å². The second kappa shape index (κ2) is 14.2. The Labute approximate surface area is 162 Å². The molecule has 0 aliphatic heterocycles. The van der Waals surface area contributed by atoms with Crippen LogP contribution in [-0.2, 0) is 4.79 Å². The fourth-order valence-corrected chi connectivity index (χ4v) is 4.42. The molecule has 148 valence electrons. The minimum absolute atomic E-state index is 0.402. The van der Waals surface area contributed by atoms with Crippen molar-refractivity contribution in [2.24, 2.45) is 0 Å². The van der Waals surface area contributed by atoms with Gasteiger partial charge in [0.25, 0.3) is 0 Å². The van der Waals surface area contributed by atoms with Crippen molar-refractivity contribution in [3.05, 3.63) is 23.3 Å². The van der Waals surface area contributed by atoms with Gasteiger partial charge >= 0.3 is 0 Å². The average molecular weight is 359 g/mol. The summed E-state index contributed by atoms with van der Waals surface area (Å²) < 4.78 is 0. The summed E-state index contributed by atoms with van der Waals surface area (Å²) in [6.45, 7) is 0. The molecule has 0 aromatic heterocycles. The lowest BCUT2D eigenvalue weighted by molar-refractivity contribution is -0.112. The molecule has 0 saturated carbocycles. The molecule has 2 aliphatic rings. The SMILES string of the molecule is O=C(C1=CCCCCCCCCCC1)C1=CCCCCCCCCCC1. The molecule has 2 aliphatic carbocycles. The Morgan fingerprint density at radius 1 is 0.462 bits per heavy atom. The number of hydrogen-bond acceptors (Lipinski definition) is 1. The van der Waals surface area contributed by atoms with Crippen LogP contribution in [0.1, 0.15) is 128 Å². The van der Waals surface area contributed by atoms with Gasteiger partial charge < -0.3 is 0 Å². The van der Waals surface area contributed by atoms with Gasteiger partial charge in [0.1, 0.15) is 0 Å². The molecule has 0 bridgehead atoms. The van der Waals surface area contributed by atoms with Crippen molar-refractivity contribution in [3.63, 3.8) is 0 Å². The summed E-state index contributed by atoms with van der Waals surface area (Å²) in [4.78, 5) is 13.3. The van der Waals surface area contributed by atoms with Crippen LogP contribution in [0.15, 0.2) is 23.3 Å². The largest absolute Gasteiger partial charge is 0.289 e. The van der Waals surface area contributed by atoms with Crippen LogP contribution < -0.4 is 0 Å². The number of rotatable bonds is 2. The van der Waals surface area contributed by atoms with E-state index in [1.165, 1.54) is 103 Å². The van der Waals surface area contributed by atoms with Crippen LogP contribution in [0.3, 0.4) is 0 Å². The van der Waals surface area contributed by atoms with Crippen molar-refractivity contribution in [1.29, 1.82) is 0 Å². The van der Waals surface area contributed by atoms with Gasteiger partial charge in [-0.15, -0.1) is 0 Å². The Bertz CT molecular complexity index is 403. The molecule has 0 unspecified atom stereocenters. The minimum Gasteiger partial charge on any atom is -0.289 e. The zero-order valence-electron chi connectivity index (χ0n) is 17.2. The summed E-state index contributed by atoms with van der Waals surface area (Å²) in [5.74, 6) is 0.402. The lowest BCUT2D eigenvalue weighted by atomic mass is 9.91. The number of carbonyl (C=O) groups is 1. The number of hydrogen-bond donors (Lipinski definition) is 0. The summed E-state index contributed by atoms with van der Waals surface area (Å²) in [7, 11) is 0. The smallest absolute Gasteiger partial charge is 0.184 e. The zero-order chi connectivity index (χ0) is 18.3. The van der Waals surface area contributed by atoms with E-state index in [1.54, 1.807) is 0 Å². The summed E-state index contributed by atoms with van der Waals surface area (Å²) in [5.41, 5.74) is 2.29. The molecule has 0 spiro atoms. The normalized spacial score (nSPS) is 23.2. The summed E-state index contributed by atoms with van der Waals surface area (Å²) in [6.07, 6.45) is 30.1. The van der Waals surface area contributed by atoms with E-state index in [0.29, 0.717) is 5.78 Å². The topological polar surface area (TPSA) is 17.1 Å². The monoisotopic (exact) mass is 358 g/mol. The second-order valence-electron chi connectivity index (χ2n) is 8.52. The minimum atomic E-state index is 0.402. The number of ketones is 1. The van der Waals surface area contributed by atoms with Crippen LogP contribution in [0.2, 0.25) is 0 Å². The van der Waals surface area contributed by atoms with Gasteiger partial charge in [0, 0.05) is 0 Å². The van der Waals surface area contributed by atoms with Gasteiger partial charge in [-0.25, -0.2) is 0 Å². The van der Waals surface area contributed by atoms with Crippen molar-refractivity contribution in [2.75, 3.05) is 0 Å². The van der Waals surface area contributed by atoms with Crippen LogP contribution in [0, 0.1) is 0 Å². The molecule has 2 rings (SSSR count). The summed E-state index contributed by atoms with van der Waals surface area (Å²) in [6, 6.07) is 0. The van der Waals surface area contributed by atoms with E-state index in [9.17, 15) is 4.79 Å². The van der Waals surface area contributed by atoms with E-state index >= 15 is 0 Å². The molecule has 0 N–H and O–H groups in total. The fraction of sp³-hybridized carbons (Fsp3) is 0.800. The van der Waals surface area contributed by atoms with E-state index in [1.807, 2.05) is 0 Å². The molecule has 0 aromatic rings. The Balaban J connectivity index is 1.98. The van der Waals surface area contributed by atoms with Gasteiger partial charge in [-0.1, -0.05) is 89.2 Å². The maximum Gasteiger partial charge on any atom is 0.184 e. The molecule has 0 radical (unpaired) electrons.